The molecule has 2 heterocycles. The number of aromatic amines is 1. The molecule has 0 aliphatic rings. The molecule has 0 saturated heterocycles. The number of halogens is 3. The van der Waals surface area contributed by atoms with E-state index in [1.165, 1.54) is 0 Å². The van der Waals surface area contributed by atoms with Gasteiger partial charge in [0.1, 0.15) is 12.6 Å². The van der Waals surface area contributed by atoms with E-state index in [0.29, 0.717) is 4.90 Å². The predicted molar refractivity (Wildman–Crippen MR) is 221 cm³/mol. The molecule has 2 aromatic carbocycles. The number of aromatic nitrogens is 4. The summed E-state index contributed by atoms with van der Waals surface area (Å²) in [5.74, 6) is -6.67. The van der Waals surface area contributed by atoms with E-state index in [0.717, 1.165) is 43.1 Å². The van der Waals surface area contributed by atoms with Crippen molar-refractivity contribution in [3.05, 3.63) is 88.0 Å². The van der Waals surface area contributed by atoms with E-state index in [1.54, 1.807) is 27.7 Å². The van der Waals surface area contributed by atoms with Crippen molar-refractivity contribution in [2.24, 2.45) is 5.92 Å². The molecule has 64 heavy (non-hydrogen) atoms. The highest BCUT2D eigenvalue weighted by Crippen LogP contribution is 2.26. The van der Waals surface area contributed by atoms with Crippen LogP contribution < -0.4 is 31.7 Å². The summed E-state index contributed by atoms with van der Waals surface area (Å²) in [7, 11) is 1.08. The molecule has 5 N–H and O–H groups in total. The van der Waals surface area contributed by atoms with Crippen LogP contribution in [0.3, 0.4) is 0 Å². The Morgan fingerprint density at radius 2 is 1.55 bits per heavy atom. The first-order chi connectivity index (χ1) is 30.3. The maximum atomic E-state index is 13.8. The average molecular weight is 900 g/mol. The standard InChI is InChI=1S/C41H48F3N9O11/c1-24(2)33(55)51-38-50-32-31(35(57)52-38)48-27(21-47-32)22-53(37(59)41(42,43)44)28-13-11-26(12-14-28)34(56)49-29(36(58)61-5)15-16-30(54)45-17-19-63-40(3,4)64-20-18-46-39(60)62-23-25-9-7-6-8-10-25/h6-14,21,24,29H,15-20,22-23H2,1-5H3,(H,45,54)(H,46,60)(H,49,56)(H2,47,50,51,52,55,57)/t29-/m0/s1. The normalized spacial score (nSPS) is 12.0. The van der Waals surface area contributed by atoms with Crippen LogP contribution in [0.25, 0.3) is 11.2 Å². The number of esters is 1. The topological polar surface area (TPSA) is 262 Å². The molecule has 23 heteroatoms. The van der Waals surface area contributed by atoms with Gasteiger partial charge in [0.25, 0.3) is 11.5 Å². The summed E-state index contributed by atoms with van der Waals surface area (Å²) < 4.78 is 62.6. The van der Waals surface area contributed by atoms with Gasteiger partial charge in [-0.3, -0.25) is 39.2 Å². The number of rotatable bonds is 21. The largest absolute Gasteiger partial charge is 0.471 e. The summed E-state index contributed by atoms with van der Waals surface area (Å²) in [6.07, 6.45) is -5.36. The Labute approximate surface area is 364 Å². The molecule has 1 atom stereocenters. The second-order valence-corrected chi connectivity index (χ2v) is 14.6. The van der Waals surface area contributed by atoms with Gasteiger partial charge in [0, 0.05) is 36.7 Å². The molecule has 20 nitrogen and oxygen atoms in total. The number of nitrogens with one attached hydrogen (secondary N) is 5. The first-order valence-electron chi connectivity index (χ1n) is 19.7. The third-order valence-electron chi connectivity index (χ3n) is 8.84. The summed E-state index contributed by atoms with van der Waals surface area (Å²) in [6.45, 7) is 6.20. The first kappa shape index (κ1) is 49.6. The molecule has 4 rings (SSSR count). The van der Waals surface area contributed by atoms with Crippen LogP contribution in [0.15, 0.2) is 65.6 Å². The average Bonchev–Trinajstić information content (AvgIpc) is 3.26. The number of hydrogen-bond acceptors (Lipinski definition) is 14. The van der Waals surface area contributed by atoms with Crippen LogP contribution in [0, 0.1) is 5.92 Å². The Morgan fingerprint density at radius 1 is 0.891 bits per heavy atom. The molecule has 0 aliphatic heterocycles. The number of carbonyl (C=O) groups excluding carboxylic acids is 6. The van der Waals surface area contributed by atoms with Crippen molar-refractivity contribution in [1.82, 2.24) is 35.9 Å². The number of fused-ring (bicyclic) bond motifs is 1. The van der Waals surface area contributed by atoms with Crippen LogP contribution in [0.1, 0.15) is 62.2 Å². The maximum absolute atomic E-state index is 13.8. The highest BCUT2D eigenvalue weighted by molar-refractivity contribution is 5.99. The van der Waals surface area contributed by atoms with Gasteiger partial charge in [-0.05, 0) is 50.1 Å². The highest BCUT2D eigenvalue weighted by atomic mass is 19.4. The van der Waals surface area contributed by atoms with Crippen molar-refractivity contribution in [3.63, 3.8) is 0 Å². The fraction of sp³-hybridized carbons (Fsp3) is 0.415. The summed E-state index contributed by atoms with van der Waals surface area (Å²) in [5.41, 5.74) is -1.26. The van der Waals surface area contributed by atoms with Crippen molar-refractivity contribution in [2.45, 2.75) is 71.7 Å². The number of ether oxygens (including phenoxy) is 4. The van der Waals surface area contributed by atoms with E-state index < -0.39 is 71.7 Å². The van der Waals surface area contributed by atoms with E-state index in [4.69, 9.17) is 18.9 Å². The van der Waals surface area contributed by atoms with Crippen molar-refractivity contribution in [1.29, 1.82) is 0 Å². The van der Waals surface area contributed by atoms with Gasteiger partial charge in [0.15, 0.2) is 17.0 Å². The minimum Gasteiger partial charge on any atom is -0.467 e. The molecule has 0 aliphatic carbocycles. The van der Waals surface area contributed by atoms with Crippen molar-refractivity contribution in [2.75, 3.05) is 43.6 Å². The quantitative estimate of drug-likeness (QED) is 0.0457. The highest BCUT2D eigenvalue weighted by Gasteiger charge is 2.43. The summed E-state index contributed by atoms with van der Waals surface area (Å²) >= 11 is 0. The third-order valence-corrected chi connectivity index (χ3v) is 8.84. The van der Waals surface area contributed by atoms with Gasteiger partial charge in [-0.15, -0.1) is 0 Å². The SMILES string of the molecule is COC(=O)[C@H](CCC(=O)NCCOC(C)(C)OCCNC(=O)OCc1ccccc1)NC(=O)c1ccc(N(Cc2cnc3nc(NC(=O)C(C)C)[nH]c(=O)c3n2)C(=O)C(F)(F)F)cc1. The zero-order valence-corrected chi connectivity index (χ0v) is 35.5. The number of hydrogen-bond donors (Lipinski definition) is 5. The van der Waals surface area contributed by atoms with E-state index in [2.05, 4.69) is 41.2 Å². The van der Waals surface area contributed by atoms with Crippen molar-refractivity contribution >= 4 is 58.5 Å². The lowest BCUT2D eigenvalue weighted by Gasteiger charge is -2.26. The fourth-order valence-electron chi connectivity index (χ4n) is 5.49. The number of H-pyrrole nitrogens is 1. The van der Waals surface area contributed by atoms with Gasteiger partial charge in [-0.25, -0.2) is 19.6 Å². The van der Waals surface area contributed by atoms with E-state index in [-0.39, 0.29) is 79.8 Å². The molecule has 0 radical (unpaired) electrons. The molecule has 0 bridgehead atoms. The van der Waals surface area contributed by atoms with Crippen LogP contribution in [0.5, 0.6) is 0 Å². The predicted octanol–water partition coefficient (Wildman–Crippen LogP) is 3.27. The van der Waals surface area contributed by atoms with Gasteiger partial charge < -0.3 is 34.9 Å². The lowest BCUT2D eigenvalue weighted by Crippen LogP contribution is -2.42. The second-order valence-electron chi connectivity index (χ2n) is 14.6. The van der Waals surface area contributed by atoms with Crippen LogP contribution in [0.4, 0.5) is 29.6 Å². The number of alkyl carbamates (subject to hydrolysis) is 1. The summed E-state index contributed by atoms with van der Waals surface area (Å²) in [5, 5.41) is 10.0. The summed E-state index contributed by atoms with van der Waals surface area (Å²) in [6, 6.07) is 12.2. The number of benzene rings is 2. The van der Waals surface area contributed by atoms with Crippen molar-refractivity contribution in [3.8, 4) is 0 Å². The Kier molecular flexibility index (Phi) is 17.8. The molecule has 344 valence electrons. The Hall–Kier alpha value is -7.01. The van der Waals surface area contributed by atoms with Crippen LogP contribution in [0.2, 0.25) is 0 Å². The lowest BCUT2D eigenvalue weighted by molar-refractivity contribution is -0.211. The summed E-state index contributed by atoms with van der Waals surface area (Å²) in [4.78, 5) is 102. The number of carbonyl (C=O) groups is 6. The van der Waals surface area contributed by atoms with Gasteiger partial charge >= 0.3 is 24.1 Å². The van der Waals surface area contributed by atoms with Crippen LogP contribution in [-0.4, -0.2) is 107 Å². The van der Waals surface area contributed by atoms with E-state index in [1.807, 2.05) is 30.3 Å². The number of methoxy groups -OCH3 is 1. The van der Waals surface area contributed by atoms with E-state index >= 15 is 0 Å². The van der Waals surface area contributed by atoms with Crippen LogP contribution in [-0.2, 0) is 51.3 Å². The Bertz CT molecular complexity index is 2330. The molecular weight excluding hydrogens is 851 g/mol. The van der Waals surface area contributed by atoms with Gasteiger partial charge in [0.2, 0.25) is 17.8 Å². The molecule has 0 spiro atoms. The monoisotopic (exact) mass is 899 g/mol. The molecule has 0 fully saturated rings. The lowest BCUT2D eigenvalue weighted by atomic mass is 10.1. The third kappa shape index (κ3) is 15.4. The number of alkyl halides is 3. The smallest absolute Gasteiger partial charge is 0.467 e. The molecular formula is C41H48F3N9O11. The molecule has 0 unspecified atom stereocenters. The molecule has 2 aromatic heterocycles. The zero-order chi connectivity index (χ0) is 47.0. The van der Waals surface area contributed by atoms with Gasteiger partial charge in [-0.1, -0.05) is 44.2 Å². The minimum absolute atomic E-state index is 0.0405. The van der Waals surface area contributed by atoms with Gasteiger partial charge in [0.05, 0.1) is 38.8 Å². The number of amides is 5. The maximum Gasteiger partial charge on any atom is 0.471 e. The van der Waals surface area contributed by atoms with Crippen LogP contribution >= 0.6 is 0 Å². The van der Waals surface area contributed by atoms with Crippen molar-refractivity contribution < 1.29 is 60.9 Å². The Morgan fingerprint density at radius 3 is 2.17 bits per heavy atom. The minimum atomic E-state index is -5.35. The van der Waals surface area contributed by atoms with E-state index in [9.17, 15) is 46.7 Å². The molecule has 4 aromatic rings. The second kappa shape index (κ2) is 22.9. The zero-order valence-electron chi connectivity index (χ0n) is 35.5. The molecule has 0 saturated carbocycles. The fourth-order valence-corrected chi connectivity index (χ4v) is 5.49. The molecule has 5 amide bonds. The first-order valence-corrected chi connectivity index (χ1v) is 19.7. The number of nitrogens with zero attached hydrogens (tertiary/aromatic N) is 4. The number of anilines is 2. The Balaban J connectivity index is 1.28. The van der Waals surface area contributed by atoms with Gasteiger partial charge in [-0.2, -0.15) is 18.2 Å².